The van der Waals surface area contributed by atoms with E-state index in [-0.39, 0.29) is 0 Å². The molecule has 0 fully saturated rings. The van der Waals surface area contributed by atoms with E-state index in [4.69, 9.17) is 0 Å². The molecular formula is C8H11BrN2. The van der Waals surface area contributed by atoms with E-state index in [0.717, 1.165) is 23.3 Å². The predicted molar refractivity (Wildman–Crippen MR) is 50.8 cm³/mol. The van der Waals surface area contributed by atoms with Crippen LogP contribution in [0.25, 0.3) is 6.08 Å². The van der Waals surface area contributed by atoms with Crippen LogP contribution < -0.4 is 0 Å². The normalized spacial score (nSPS) is 11.1. The predicted octanol–water partition coefficient (Wildman–Crippen LogP) is 2.52. The zero-order valence-corrected chi connectivity index (χ0v) is 8.06. The van der Waals surface area contributed by atoms with Gasteiger partial charge in [0, 0.05) is 5.33 Å². The molecule has 2 nitrogen and oxygen atoms in total. The van der Waals surface area contributed by atoms with Crippen LogP contribution in [0.5, 0.6) is 0 Å². The Bertz CT molecular complexity index is 240. The molecule has 60 valence electrons. The van der Waals surface area contributed by atoms with Crippen LogP contribution in [-0.4, -0.2) is 15.3 Å². The van der Waals surface area contributed by atoms with E-state index in [1.165, 1.54) is 0 Å². The first-order valence-electron chi connectivity index (χ1n) is 3.57. The minimum atomic E-state index is 0.962. The molecule has 0 spiro atoms. The smallest absolute Gasteiger partial charge is 0.103 e. The van der Waals surface area contributed by atoms with E-state index < -0.39 is 0 Å². The maximum absolute atomic E-state index is 4.08. The summed E-state index contributed by atoms with van der Waals surface area (Å²) >= 11 is 3.35. The number of aromatic nitrogens is 2. The number of hydrogen-bond acceptors (Lipinski definition) is 1. The fourth-order valence-corrected chi connectivity index (χ4v) is 1.06. The van der Waals surface area contributed by atoms with Crippen molar-refractivity contribution < 1.29 is 0 Å². The maximum atomic E-state index is 4.08. The Morgan fingerprint density at radius 1 is 1.73 bits per heavy atom. The van der Waals surface area contributed by atoms with Crippen LogP contribution in [0, 0.1) is 6.92 Å². The minimum absolute atomic E-state index is 0.962. The van der Waals surface area contributed by atoms with E-state index in [0.29, 0.717) is 0 Å². The van der Waals surface area contributed by atoms with Gasteiger partial charge >= 0.3 is 0 Å². The summed E-state index contributed by atoms with van der Waals surface area (Å²) in [4.78, 5) is 7.20. The van der Waals surface area contributed by atoms with Crippen LogP contribution in [0.4, 0.5) is 0 Å². The molecule has 1 heterocycles. The first kappa shape index (κ1) is 8.53. The molecule has 0 aliphatic carbocycles. The molecule has 0 bridgehead atoms. The minimum Gasteiger partial charge on any atom is -0.343 e. The summed E-state index contributed by atoms with van der Waals surface area (Å²) in [7, 11) is 0. The van der Waals surface area contributed by atoms with Gasteiger partial charge in [-0.05, 0) is 19.4 Å². The van der Waals surface area contributed by atoms with Gasteiger partial charge in [0.05, 0.1) is 11.9 Å². The number of rotatable bonds is 3. The van der Waals surface area contributed by atoms with Gasteiger partial charge in [0.1, 0.15) is 5.82 Å². The standard InChI is InChI=1S/C8H11BrN2/c1-7-10-6-8(11-7)4-2-3-5-9/h2,4,6H,3,5H2,1H3,(H,10,11). The van der Waals surface area contributed by atoms with Crippen LogP contribution >= 0.6 is 15.9 Å². The lowest BCUT2D eigenvalue weighted by Crippen LogP contribution is -1.72. The topological polar surface area (TPSA) is 28.7 Å². The van der Waals surface area contributed by atoms with Gasteiger partial charge in [-0.2, -0.15) is 0 Å². The number of imidazole rings is 1. The third-order valence-corrected chi connectivity index (χ3v) is 1.75. The second kappa shape index (κ2) is 4.34. The summed E-state index contributed by atoms with van der Waals surface area (Å²) in [5.41, 5.74) is 1.07. The molecule has 0 saturated carbocycles. The first-order valence-corrected chi connectivity index (χ1v) is 4.69. The van der Waals surface area contributed by atoms with Gasteiger partial charge in [-0.15, -0.1) is 0 Å². The van der Waals surface area contributed by atoms with Crippen molar-refractivity contribution in [2.75, 3.05) is 5.33 Å². The monoisotopic (exact) mass is 214 g/mol. The van der Waals surface area contributed by atoms with E-state index in [2.05, 4.69) is 32.0 Å². The second-order valence-corrected chi connectivity index (χ2v) is 3.10. The Kier molecular flexibility index (Phi) is 3.36. The molecular weight excluding hydrogens is 204 g/mol. The summed E-state index contributed by atoms with van der Waals surface area (Å²) < 4.78 is 0. The van der Waals surface area contributed by atoms with Crippen molar-refractivity contribution in [2.45, 2.75) is 13.3 Å². The van der Waals surface area contributed by atoms with Gasteiger partial charge in [0.15, 0.2) is 0 Å². The number of halogens is 1. The Balaban J connectivity index is 2.50. The van der Waals surface area contributed by atoms with Crippen molar-refractivity contribution in [3.8, 4) is 0 Å². The average Bonchev–Trinajstić information content (AvgIpc) is 2.37. The Labute approximate surface area is 74.9 Å². The first-order chi connectivity index (χ1) is 5.33. The molecule has 1 aromatic rings. The highest BCUT2D eigenvalue weighted by Gasteiger charge is 1.88. The fraction of sp³-hybridized carbons (Fsp3) is 0.375. The molecule has 0 amide bonds. The highest BCUT2D eigenvalue weighted by molar-refractivity contribution is 9.09. The number of alkyl halides is 1. The number of aryl methyl sites for hydroxylation is 1. The van der Waals surface area contributed by atoms with Gasteiger partial charge in [0.25, 0.3) is 0 Å². The third-order valence-electron chi connectivity index (χ3n) is 1.30. The molecule has 1 aromatic heterocycles. The average molecular weight is 215 g/mol. The Morgan fingerprint density at radius 3 is 3.09 bits per heavy atom. The van der Waals surface area contributed by atoms with Crippen molar-refractivity contribution in [1.82, 2.24) is 9.97 Å². The highest BCUT2D eigenvalue weighted by atomic mass is 79.9. The van der Waals surface area contributed by atoms with Crippen LogP contribution in [0.3, 0.4) is 0 Å². The summed E-state index contributed by atoms with van der Waals surface area (Å²) in [5, 5.41) is 1.01. The van der Waals surface area contributed by atoms with Crippen molar-refractivity contribution in [3.05, 3.63) is 23.8 Å². The van der Waals surface area contributed by atoms with Crippen LogP contribution in [0.1, 0.15) is 17.9 Å². The van der Waals surface area contributed by atoms with E-state index in [9.17, 15) is 0 Å². The molecule has 11 heavy (non-hydrogen) atoms. The lowest BCUT2D eigenvalue weighted by atomic mass is 10.3. The molecule has 0 unspecified atom stereocenters. The quantitative estimate of drug-likeness (QED) is 0.771. The van der Waals surface area contributed by atoms with Crippen LogP contribution in [-0.2, 0) is 0 Å². The van der Waals surface area contributed by atoms with Crippen LogP contribution in [0.2, 0.25) is 0 Å². The van der Waals surface area contributed by atoms with E-state index >= 15 is 0 Å². The zero-order valence-electron chi connectivity index (χ0n) is 6.47. The molecule has 1 rings (SSSR count). The van der Waals surface area contributed by atoms with E-state index in [1.807, 2.05) is 19.2 Å². The number of hydrogen-bond donors (Lipinski definition) is 1. The number of allylic oxidation sites excluding steroid dienone is 1. The third kappa shape index (κ3) is 2.89. The molecule has 0 aliphatic heterocycles. The van der Waals surface area contributed by atoms with Crippen molar-refractivity contribution >= 4 is 22.0 Å². The number of nitrogens with zero attached hydrogens (tertiary/aromatic N) is 1. The van der Waals surface area contributed by atoms with Gasteiger partial charge in [0.2, 0.25) is 0 Å². The maximum Gasteiger partial charge on any atom is 0.103 e. The summed E-state index contributed by atoms with van der Waals surface area (Å²) in [6.45, 7) is 1.95. The zero-order chi connectivity index (χ0) is 8.10. The van der Waals surface area contributed by atoms with Gasteiger partial charge in [-0.1, -0.05) is 22.0 Å². The lowest BCUT2D eigenvalue weighted by molar-refractivity contribution is 1.14. The molecule has 0 aliphatic rings. The Morgan fingerprint density at radius 2 is 2.55 bits per heavy atom. The molecule has 0 atom stereocenters. The second-order valence-electron chi connectivity index (χ2n) is 2.30. The van der Waals surface area contributed by atoms with Crippen molar-refractivity contribution in [2.24, 2.45) is 0 Å². The Hall–Kier alpha value is -0.570. The molecule has 0 aromatic carbocycles. The molecule has 0 radical (unpaired) electrons. The lowest BCUT2D eigenvalue weighted by Gasteiger charge is -1.83. The highest BCUT2D eigenvalue weighted by Crippen LogP contribution is 1.99. The van der Waals surface area contributed by atoms with Gasteiger partial charge in [-0.3, -0.25) is 0 Å². The molecule has 3 heteroatoms. The summed E-state index contributed by atoms with van der Waals surface area (Å²) in [6, 6.07) is 0. The fourth-order valence-electron chi connectivity index (χ4n) is 0.798. The van der Waals surface area contributed by atoms with Crippen LogP contribution in [0.15, 0.2) is 12.3 Å². The van der Waals surface area contributed by atoms with E-state index in [1.54, 1.807) is 0 Å². The van der Waals surface area contributed by atoms with Gasteiger partial charge in [-0.25, -0.2) is 4.98 Å². The largest absolute Gasteiger partial charge is 0.343 e. The summed E-state index contributed by atoms with van der Waals surface area (Å²) in [6.07, 6.45) is 7.04. The number of aromatic amines is 1. The molecule has 0 saturated heterocycles. The number of H-pyrrole nitrogens is 1. The summed E-state index contributed by atoms with van der Waals surface area (Å²) in [5.74, 6) is 0.962. The SMILES string of the molecule is Cc1ncc(C=CCCBr)[nH]1. The van der Waals surface area contributed by atoms with Crippen molar-refractivity contribution in [3.63, 3.8) is 0 Å². The van der Waals surface area contributed by atoms with Crippen molar-refractivity contribution in [1.29, 1.82) is 0 Å². The number of nitrogens with one attached hydrogen (secondary N) is 1. The van der Waals surface area contributed by atoms with Gasteiger partial charge < -0.3 is 4.98 Å². The molecule has 1 N–H and O–H groups in total.